The van der Waals surface area contributed by atoms with E-state index in [0.29, 0.717) is 13.2 Å². The van der Waals surface area contributed by atoms with Gasteiger partial charge >= 0.3 is 6.03 Å². The van der Waals surface area contributed by atoms with Crippen LogP contribution in [0.3, 0.4) is 0 Å². The largest absolute Gasteiger partial charge is 0.378 e. The molecule has 2 saturated heterocycles. The molecule has 0 aromatic carbocycles. The highest BCUT2D eigenvalue weighted by molar-refractivity contribution is 5.99. The van der Waals surface area contributed by atoms with Crippen LogP contribution < -0.4 is 5.32 Å². The molecule has 0 aromatic rings. The van der Waals surface area contributed by atoms with Crippen LogP contribution in [0.15, 0.2) is 0 Å². The number of nitrogens with one attached hydrogen (secondary N) is 1. The molecular weight excluding hydrogens is 208 g/mol. The van der Waals surface area contributed by atoms with Gasteiger partial charge in [0.2, 0.25) is 5.91 Å². The summed E-state index contributed by atoms with van der Waals surface area (Å²) in [5.41, 5.74) is 0. The lowest BCUT2D eigenvalue weighted by molar-refractivity contribution is -0.136. The summed E-state index contributed by atoms with van der Waals surface area (Å²) < 4.78 is 5.26. The van der Waals surface area contributed by atoms with Gasteiger partial charge in [0.15, 0.2) is 0 Å². The molecule has 1 saturated carbocycles. The second kappa shape index (κ2) is 3.73. The first-order valence-electron chi connectivity index (χ1n) is 5.98. The summed E-state index contributed by atoms with van der Waals surface area (Å²) in [6, 6.07) is -0.199. The predicted octanol–water partition coefficient (Wildman–Crippen LogP) is 0.496. The van der Waals surface area contributed by atoms with Gasteiger partial charge in [-0.1, -0.05) is 12.8 Å². The molecule has 5 nitrogen and oxygen atoms in total. The molecule has 3 amide bonds. The van der Waals surface area contributed by atoms with Gasteiger partial charge in [-0.25, -0.2) is 4.79 Å². The van der Waals surface area contributed by atoms with E-state index in [4.69, 9.17) is 4.74 Å². The molecule has 3 aliphatic rings. The molecule has 3 fully saturated rings. The van der Waals surface area contributed by atoms with Gasteiger partial charge in [-0.3, -0.25) is 9.69 Å². The quantitative estimate of drug-likeness (QED) is 0.705. The molecule has 0 radical (unpaired) electrons. The molecule has 16 heavy (non-hydrogen) atoms. The fourth-order valence-electron chi connectivity index (χ4n) is 2.96. The highest BCUT2D eigenvalue weighted by Gasteiger charge is 2.46. The number of carbonyl (C=O) groups is 2. The summed E-state index contributed by atoms with van der Waals surface area (Å²) in [5, 5.41) is 2.88. The van der Waals surface area contributed by atoms with Crippen LogP contribution in [0.4, 0.5) is 4.79 Å². The highest BCUT2D eigenvalue weighted by Crippen LogP contribution is 2.29. The second-order valence-electron chi connectivity index (χ2n) is 4.85. The van der Waals surface area contributed by atoms with Gasteiger partial charge in [-0.2, -0.15) is 0 Å². The van der Waals surface area contributed by atoms with E-state index in [2.05, 4.69) is 5.32 Å². The van der Waals surface area contributed by atoms with Crippen molar-refractivity contribution in [3.63, 3.8) is 0 Å². The van der Waals surface area contributed by atoms with Gasteiger partial charge in [0.25, 0.3) is 0 Å². The van der Waals surface area contributed by atoms with Crippen molar-refractivity contribution in [2.75, 3.05) is 13.2 Å². The maximum atomic E-state index is 12.2. The number of hydrogen-bond acceptors (Lipinski definition) is 3. The van der Waals surface area contributed by atoms with Gasteiger partial charge in [0, 0.05) is 6.04 Å². The van der Waals surface area contributed by atoms with E-state index in [0.717, 1.165) is 25.7 Å². The van der Waals surface area contributed by atoms with Crippen molar-refractivity contribution in [3.05, 3.63) is 0 Å². The van der Waals surface area contributed by atoms with E-state index in [-0.39, 0.29) is 29.9 Å². The van der Waals surface area contributed by atoms with Crippen LogP contribution in [-0.2, 0) is 9.53 Å². The Morgan fingerprint density at radius 1 is 1.19 bits per heavy atom. The Bertz CT molecular complexity index is 325. The monoisotopic (exact) mass is 224 g/mol. The van der Waals surface area contributed by atoms with Crippen LogP contribution in [0, 0.1) is 5.92 Å². The molecule has 2 heterocycles. The zero-order valence-electron chi connectivity index (χ0n) is 9.15. The SMILES string of the molecule is O=C1NC2COCC2C(=O)N1C1CCCC1. The average Bonchev–Trinajstić information content (AvgIpc) is 2.87. The molecule has 5 heteroatoms. The highest BCUT2D eigenvalue weighted by atomic mass is 16.5. The molecule has 3 rings (SSSR count). The Kier molecular flexibility index (Phi) is 2.35. The summed E-state index contributed by atoms with van der Waals surface area (Å²) in [4.78, 5) is 25.5. The lowest BCUT2D eigenvalue weighted by Crippen LogP contribution is -2.61. The first-order valence-corrected chi connectivity index (χ1v) is 5.98. The summed E-state index contributed by atoms with van der Waals surface area (Å²) in [7, 11) is 0. The van der Waals surface area contributed by atoms with Crippen molar-refractivity contribution in [3.8, 4) is 0 Å². The number of nitrogens with zero attached hydrogens (tertiary/aromatic N) is 1. The summed E-state index contributed by atoms with van der Waals surface area (Å²) in [6.07, 6.45) is 4.15. The smallest absolute Gasteiger partial charge is 0.324 e. The van der Waals surface area contributed by atoms with Gasteiger partial charge in [0.1, 0.15) is 0 Å². The number of rotatable bonds is 1. The fourth-order valence-corrected chi connectivity index (χ4v) is 2.96. The molecule has 2 aliphatic heterocycles. The van der Waals surface area contributed by atoms with Crippen LogP contribution in [0.5, 0.6) is 0 Å². The van der Waals surface area contributed by atoms with E-state index >= 15 is 0 Å². The zero-order chi connectivity index (χ0) is 11.1. The minimum Gasteiger partial charge on any atom is -0.378 e. The van der Waals surface area contributed by atoms with Gasteiger partial charge < -0.3 is 10.1 Å². The van der Waals surface area contributed by atoms with Crippen molar-refractivity contribution in [2.45, 2.75) is 37.8 Å². The van der Waals surface area contributed by atoms with Gasteiger partial charge in [-0.15, -0.1) is 0 Å². The maximum absolute atomic E-state index is 12.2. The van der Waals surface area contributed by atoms with E-state index in [1.807, 2.05) is 0 Å². The molecule has 1 aliphatic carbocycles. The number of carbonyl (C=O) groups excluding carboxylic acids is 2. The van der Waals surface area contributed by atoms with Crippen molar-refractivity contribution in [1.82, 2.24) is 10.2 Å². The van der Waals surface area contributed by atoms with Crippen LogP contribution >= 0.6 is 0 Å². The van der Waals surface area contributed by atoms with Crippen molar-refractivity contribution >= 4 is 11.9 Å². The van der Waals surface area contributed by atoms with Crippen molar-refractivity contribution in [2.24, 2.45) is 5.92 Å². The predicted molar refractivity (Wildman–Crippen MR) is 55.7 cm³/mol. The Balaban J connectivity index is 1.81. The van der Waals surface area contributed by atoms with Gasteiger partial charge in [-0.05, 0) is 12.8 Å². The topological polar surface area (TPSA) is 58.6 Å². The fraction of sp³-hybridized carbons (Fsp3) is 0.818. The zero-order valence-corrected chi connectivity index (χ0v) is 9.15. The Morgan fingerprint density at radius 3 is 2.69 bits per heavy atom. The van der Waals surface area contributed by atoms with Crippen LogP contribution in [0.25, 0.3) is 0 Å². The molecule has 0 bridgehead atoms. The third kappa shape index (κ3) is 1.42. The number of fused-ring (bicyclic) bond motifs is 1. The maximum Gasteiger partial charge on any atom is 0.324 e. The molecule has 88 valence electrons. The minimum absolute atomic E-state index is 0.0295. The van der Waals surface area contributed by atoms with Gasteiger partial charge in [0.05, 0.1) is 25.2 Å². The Morgan fingerprint density at radius 2 is 1.94 bits per heavy atom. The van der Waals surface area contributed by atoms with E-state index in [1.54, 1.807) is 0 Å². The molecule has 1 N–H and O–H groups in total. The second-order valence-corrected chi connectivity index (χ2v) is 4.85. The Hall–Kier alpha value is -1.10. The van der Waals surface area contributed by atoms with Crippen LogP contribution in [0.2, 0.25) is 0 Å². The van der Waals surface area contributed by atoms with Crippen LogP contribution in [-0.4, -0.2) is 42.1 Å². The number of hydrogen-bond donors (Lipinski definition) is 1. The normalized spacial score (nSPS) is 35.4. The molecule has 2 unspecified atom stereocenters. The third-order valence-corrected chi connectivity index (χ3v) is 3.85. The molecule has 2 atom stereocenters. The lowest BCUT2D eigenvalue weighted by atomic mass is 9.98. The molecule has 0 spiro atoms. The van der Waals surface area contributed by atoms with Crippen molar-refractivity contribution in [1.29, 1.82) is 0 Å². The van der Waals surface area contributed by atoms with E-state index in [1.165, 1.54) is 4.90 Å². The minimum atomic E-state index is -0.219. The lowest BCUT2D eigenvalue weighted by Gasteiger charge is -2.36. The Labute approximate surface area is 94.1 Å². The molecular formula is C11H16N2O3. The molecule has 0 aromatic heterocycles. The standard InChI is InChI=1S/C11H16N2O3/c14-10-8-5-16-6-9(8)12-11(15)13(10)7-3-1-2-4-7/h7-9H,1-6H2,(H,12,15). The summed E-state index contributed by atoms with van der Waals surface area (Å²) in [5.74, 6) is -0.184. The average molecular weight is 224 g/mol. The summed E-state index contributed by atoms with van der Waals surface area (Å²) in [6.45, 7) is 0.924. The van der Waals surface area contributed by atoms with E-state index < -0.39 is 0 Å². The number of ether oxygens (including phenoxy) is 1. The summed E-state index contributed by atoms with van der Waals surface area (Å²) >= 11 is 0. The first-order chi connectivity index (χ1) is 7.77. The van der Waals surface area contributed by atoms with Crippen LogP contribution in [0.1, 0.15) is 25.7 Å². The number of imide groups is 1. The first kappa shape index (κ1) is 10.1. The third-order valence-electron chi connectivity index (χ3n) is 3.85. The number of amides is 3. The van der Waals surface area contributed by atoms with E-state index in [9.17, 15) is 9.59 Å². The van der Waals surface area contributed by atoms with Crippen molar-refractivity contribution < 1.29 is 14.3 Å². The number of urea groups is 1.